The van der Waals surface area contributed by atoms with Crippen LogP contribution in [0, 0.1) is 0 Å². The highest BCUT2D eigenvalue weighted by atomic mass is 16.2. The summed E-state index contributed by atoms with van der Waals surface area (Å²) in [6, 6.07) is 0.860. The maximum Gasteiger partial charge on any atom is 0.321 e. The van der Waals surface area contributed by atoms with Crippen LogP contribution in [0.5, 0.6) is 0 Å². The summed E-state index contributed by atoms with van der Waals surface area (Å²) in [5, 5.41) is 12.4. The second kappa shape index (κ2) is 7.29. The van der Waals surface area contributed by atoms with E-state index in [9.17, 15) is 9.59 Å². The van der Waals surface area contributed by atoms with Crippen molar-refractivity contribution >= 4 is 17.8 Å². The summed E-state index contributed by atoms with van der Waals surface area (Å²) < 4.78 is 1.75. The molecule has 1 aromatic heterocycles. The fourth-order valence-corrected chi connectivity index (χ4v) is 1.83. The van der Waals surface area contributed by atoms with Gasteiger partial charge in [-0.15, -0.1) is 0 Å². The van der Waals surface area contributed by atoms with Gasteiger partial charge >= 0.3 is 6.03 Å². The van der Waals surface area contributed by atoms with Crippen molar-refractivity contribution in [3.63, 3.8) is 0 Å². The van der Waals surface area contributed by atoms with E-state index in [1.54, 1.807) is 23.9 Å². The number of rotatable bonds is 5. The number of carbonyl (C=O) groups is 2. The summed E-state index contributed by atoms with van der Waals surface area (Å²) in [7, 11) is 0. The molecule has 0 saturated heterocycles. The monoisotopic (exact) mass is 309 g/mol. The summed E-state index contributed by atoms with van der Waals surface area (Å²) in [5.41, 5.74) is -0.335. The van der Waals surface area contributed by atoms with Crippen LogP contribution in [-0.4, -0.2) is 33.3 Å². The van der Waals surface area contributed by atoms with Crippen molar-refractivity contribution in [1.29, 1.82) is 0 Å². The second-order valence-electron chi connectivity index (χ2n) is 6.48. The number of nitrogens with one attached hydrogen (secondary N) is 3. The second-order valence-corrected chi connectivity index (χ2v) is 6.48. The fourth-order valence-electron chi connectivity index (χ4n) is 1.83. The first-order chi connectivity index (χ1) is 10.1. The van der Waals surface area contributed by atoms with E-state index in [1.807, 2.05) is 27.7 Å². The summed E-state index contributed by atoms with van der Waals surface area (Å²) in [5.74, 6) is 0.383. The van der Waals surface area contributed by atoms with Crippen molar-refractivity contribution in [2.24, 2.45) is 0 Å². The molecule has 0 aliphatic carbocycles. The van der Waals surface area contributed by atoms with Crippen molar-refractivity contribution in [2.75, 3.05) is 5.32 Å². The molecule has 3 amide bonds. The van der Waals surface area contributed by atoms with E-state index in [0.29, 0.717) is 5.82 Å². The van der Waals surface area contributed by atoms with Gasteiger partial charge in [-0.25, -0.2) is 9.48 Å². The Hall–Kier alpha value is -2.05. The Kier molecular flexibility index (Phi) is 5.96. The Morgan fingerprint density at radius 2 is 1.95 bits per heavy atom. The van der Waals surface area contributed by atoms with Crippen molar-refractivity contribution < 1.29 is 9.59 Å². The van der Waals surface area contributed by atoms with Crippen molar-refractivity contribution in [3.8, 4) is 0 Å². The van der Waals surface area contributed by atoms with Gasteiger partial charge < -0.3 is 10.6 Å². The molecule has 22 heavy (non-hydrogen) atoms. The quantitative estimate of drug-likeness (QED) is 0.779. The van der Waals surface area contributed by atoms with Crippen LogP contribution in [-0.2, 0) is 4.79 Å². The molecule has 1 aromatic rings. The lowest BCUT2D eigenvalue weighted by molar-refractivity contribution is -0.123. The van der Waals surface area contributed by atoms with Crippen LogP contribution < -0.4 is 16.0 Å². The van der Waals surface area contributed by atoms with Crippen LogP contribution in [0.4, 0.5) is 10.6 Å². The van der Waals surface area contributed by atoms with Crippen LogP contribution in [0.15, 0.2) is 12.3 Å². The van der Waals surface area contributed by atoms with Crippen LogP contribution >= 0.6 is 0 Å². The average molecular weight is 309 g/mol. The highest BCUT2D eigenvalue weighted by molar-refractivity contribution is 5.93. The van der Waals surface area contributed by atoms with E-state index >= 15 is 0 Å². The van der Waals surface area contributed by atoms with E-state index in [-0.39, 0.29) is 17.5 Å². The number of hydrogen-bond donors (Lipinski definition) is 3. The van der Waals surface area contributed by atoms with Gasteiger partial charge in [-0.05, 0) is 41.0 Å². The van der Waals surface area contributed by atoms with E-state index in [4.69, 9.17) is 0 Å². The van der Waals surface area contributed by atoms with E-state index in [2.05, 4.69) is 28.0 Å². The average Bonchev–Trinajstić information content (AvgIpc) is 2.83. The fraction of sp³-hybridized carbons (Fsp3) is 0.667. The molecule has 0 fully saturated rings. The molecule has 0 aliphatic rings. The number of hydrogen-bond acceptors (Lipinski definition) is 3. The highest BCUT2D eigenvalue weighted by Gasteiger charge is 2.21. The molecule has 0 saturated carbocycles. The SMILES string of the molecule is CC[C@H](C)n1nccc1NC(=O)N[C@@H](C)C(=O)NC(C)(C)C. The predicted molar refractivity (Wildman–Crippen MR) is 86.7 cm³/mol. The summed E-state index contributed by atoms with van der Waals surface area (Å²) >= 11 is 0. The molecule has 0 spiro atoms. The van der Waals surface area contributed by atoms with E-state index in [1.165, 1.54) is 0 Å². The third-order valence-electron chi connectivity index (χ3n) is 3.16. The molecule has 0 radical (unpaired) electrons. The van der Waals surface area contributed by atoms with Gasteiger partial charge in [0.1, 0.15) is 11.9 Å². The predicted octanol–water partition coefficient (Wildman–Crippen LogP) is 2.28. The molecule has 0 aliphatic heterocycles. The van der Waals surface area contributed by atoms with Crippen molar-refractivity contribution in [3.05, 3.63) is 12.3 Å². The molecule has 7 heteroatoms. The molecular weight excluding hydrogens is 282 g/mol. The molecular formula is C15H27N5O2. The van der Waals surface area contributed by atoms with Crippen LogP contribution in [0.25, 0.3) is 0 Å². The van der Waals surface area contributed by atoms with Crippen molar-refractivity contribution in [1.82, 2.24) is 20.4 Å². The molecule has 2 atom stereocenters. The highest BCUT2D eigenvalue weighted by Crippen LogP contribution is 2.16. The van der Waals surface area contributed by atoms with Gasteiger partial charge in [0.15, 0.2) is 0 Å². The Labute approximate surface area is 131 Å². The zero-order valence-corrected chi connectivity index (χ0v) is 14.2. The van der Waals surface area contributed by atoms with Crippen LogP contribution in [0.2, 0.25) is 0 Å². The molecule has 7 nitrogen and oxygen atoms in total. The summed E-state index contributed by atoms with van der Waals surface area (Å²) in [4.78, 5) is 24.0. The minimum atomic E-state index is -0.626. The van der Waals surface area contributed by atoms with E-state index in [0.717, 1.165) is 6.42 Å². The minimum absolute atomic E-state index is 0.187. The largest absolute Gasteiger partial charge is 0.350 e. The Balaban J connectivity index is 2.60. The molecule has 0 bridgehead atoms. The molecule has 3 N–H and O–H groups in total. The standard InChI is InChI=1S/C15H27N5O2/c1-7-10(2)20-12(8-9-16-20)18-14(22)17-11(3)13(21)19-15(4,5)6/h8-11H,7H2,1-6H3,(H,19,21)(H2,17,18,22)/t10-,11-/m0/s1. The lowest BCUT2D eigenvalue weighted by Crippen LogP contribution is -2.51. The molecule has 1 rings (SSSR count). The van der Waals surface area contributed by atoms with Crippen LogP contribution in [0.3, 0.4) is 0 Å². The maximum absolute atomic E-state index is 12.0. The Morgan fingerprint density at radius 1 is 1.32 bits per heavy atom. The zero-order chi connectivity index (χ0) is 16.9. The number of carbonyl (C=O) groups excluding carboxylic acids is 2. The van der Waals surface area contributed by atoms with Crippen molar-refractivity contribution in [2.45, 2.75) is 65.6 Å². The first-order valence-corrected chi connectivity index (χ1v) is 7.57. The minimum Gasteiger partial charge on any atom is -0.350 e. The molecule has 124 valence electrons. The number of anilines is 1. The third kappa shape index (κ3) is 5.38. The first kappa shape index (κ1) is 18.0. The Bertz CT molecular complexity index is 518. The molecule has 1 heterocycles. The van der Waals surface area contributed by atoms with Gasteiger partial charge in [-0.3, -0.25) is 10.1 Å². The number of aromatic nitrogens is 2. The van der Waals surface area contributed by atoms with Crippen LogP contribution in [0.1, 0.15) is 54.0 Å². The van der Waals surface area contributed by atoms with Gasteiger partial charge in [0.25, 0.3) is 0 Å². The van der Waals surface area contributed by atoms with Gasteiger partial charge in [0, 0.05) is 11.6 Å². The normalized spacial score (nSPS) is 14.1. The van der Waals surface area contributed by atoms with E-state index < -0.39 is 12.1 Å². The lowest BCUT2D eigenvalue weighted by atomic mass is 10.1. The van der Waals surface area contributed by atoms with Gasteiger partial charge in [-0.2, -0.15) is 5.10 Å². The zero-order valence-electron chi connectivity index (χ0n) is 14.2. The Morgan fingerprint density at radius 3 is 2.50 bits per heavy atom. The van der Waals surface area contributed by atoms with Gasteiger partial charge in [0.05, 0.1) is 12.2 Å². The molecule has 0 unspecified atom stereocenters. The number of amides is 3. The van der Waals surface area contributed by atoms with Gasteiger partial charge in [-0.1, -0.05) is 6.92 Å². The topological polar surface area (TPSA) is 88.1 Å². The third-order valence-corrected chi connectivity index (χ3v) is 3.16. The number of urea groups is 1. The molecule has 0 aromatic carbocycles. The maximum atomic E-state index is 12.0. The smallest absolute Gasteiger partial charge is 0.321 e. The number of nitrogens with zero attached hydrogens (tertiary/aromatic N) is 2. The lowest BCUT2D eigenvalue weighted by Gasteiger charge is -2.23. The van der Waals surface area contributed by atoms with Gasteiger partial charge in [0.2, 0.25) is 5.91 Å². The summed E-state index contributed by atoms with van der Waals surface area (Å²) in [6.07, 6.45) is 2.54. The summed E-state index contributed by atoms with van der Waals surface area (Å²) in [6.45, 7) is 11.4. The first-order valence-electron chi connectivity index (χ1n) is 7.57.